The van der Waals surface area contributed by atoms with Gasteiger partial charge in [0.25, 0.3) is 0 Å². The van der Waals surface area contributed by atoms with Crippen molar-refractivity contribution in [1.82, 2.24) is 10.2 Å². The summed E-state index contributed by atoms with van der Waals surface area (Å²) in [6.07, 6.45) is 3.83. The van der Waals surface area contributed by atoms with E-state index in [4.69, 9.17) is 11.6 Å². The summed E-state index contributed by atoms with van der Waals surface area (Å²) in [5, 5.41) is 18.5. The fourth-order valence-electron chi connectivity index (χ4n) is 3.18. The van der Waals surface area contributed by atoms with Crippen molar-refractivity contribution >= 4 is 17.4 Å². The van der Waals surface area contributed by atoms with Gasteiger partial charge in [-0.3, -0.25) is 0 Å². The van der Waals surface area contributed by atoms with E-state index in [9.17, 15) is 5.11 Å². The third kappa shape index (κ3) is 2.08. The highest BCUT2D eigenvalue weighted by molar-refractivity contribution is 6.29. The smallest absolute Gasteiger partial charge is 0.155 e. The van der Waals surface area contributed by atoms with Crippen molar-refractivity contribution in [2.24, 2.45) is 0 Å². The second-order valence-corrected chi connectivity index (χ2v) is 5.86. The molecule has 2 heterocycles. The van der Waals surface area contributed by atoms with Gasteiger partial charge in [0.05, 0.1) is 6.10 Å². The number of hydrogen-bond acceptors (Lipinski definition) is 4. The van der Waals surface area contributed by atoms with Crippen LogP contribution in [0.15, 0.2) is 6.07 Å². The summed E-state index contributed by atoms with van der Waals surface area (Å²) in [6, 6.07) is 2.32. The van der Waals surface area contributed by atoms with Crippen molar-refractivity contribution in [3.63, 3.8) is 0 Å². The molecule has 98 valence electrons. The van der Waals surface area contributed by atoms with Gasteiger partial charge in [-0.2, -0.15) is 0 Å². The summed E-state index contributed by atoms with van der Waals surface area (Å²) in [7, 11) is 0. The molecule has 0 bridgehead atoms. The monoisotopic (exact) mass is 267 g/mol. The lowest BCUT2D eigenvalue weighted by molar-refractivity contribution is 0.118. The molecule has 1 aliphatic carbocycles. The molecule has 1 aliphatic heterocycles. The number of halogens is 1. The van der Waals surface area contributed by atoms with Gasteiger partial charge >= 0.3 is 0 Å². The van der Waals surface area contributed by atoms with Crippen LogP contribution in [0.25, 0.3) is 0 Å². The molecule has 1 fully saturated rings. The highest BCUT2D eigenvalue weighted by atomic mass is 35.5. The van der Waals surface area contributed by atoms with Gasteiger partial charge in [-0.25, -0.2) is 0 Å². The van der Waals surface area contributed by atoms with Crippen molar-refractivity contribution in [3.8, 4) is 0 Å². The summed E-state index contributed by atoms with van der Waals surface area (Å²) in [4.78, 5) is 2.31. The Hall–Kier alpha value is -0.870. The first-order valence-corrected chi connectivity index (χ1v) is 7.01. The minimum absolute atomic E-state index is 0.164. The Balaban J connectivity index is 1.88. The van der Waals surface area contributed by atoms with Crippen LogP contribution in [-0.2, 0) is 0 Å². The van der Waals surface area contributed by atoms with Crippen LogP contribution in [0.4, 0.5) is 5.82 Å². The number of rotatable bonds is 1. The predicted molar refractivity (Wildman–Crippen MR) is 71.1 cm³/mol. The molecule has 1 unspecified atom stereocenters. The van der Waals surface area contributed by atoms with E-state index in [2.05, 4.69) is 22.0 Å². The SMILES string of the molecule is CC1CN([C@@H]2CCC[C@@H](O)C2)c2nnc(Cl)cc21. The number of fused-ring (bicyclic) bond motifs is 1. The van der Waals surface area contributed by atoms with Gasteiger partial charge < -0.3 is 10.0 Å². The van der Waals surface area contributed by atoms with Crippen molar-refractivity contribution in [3.05, 3.63) is 16.8 Å². The zero-order chi connectivity index (χ0) is 12.7. The summed E-state index contributed by atoms with van der Waals surface area (Å²) in [5.41, 5.74) is 1.19. The van der Waals surface area contributed by atoms with E-state index in [0.717, 1.165) is 38.0 Å². The quantitative estimate of drug-likeness (QED) is 0.849. The van der Waals surface area contributed by atoms with Crippen LogP contribution in [0.1, 0.15) is 44.1 Å². The predicted octanol–water partition coefficient (Wildman–Crippen LogP) is 2.36. The molecule has 0 saturated heterocycles. The molecule has 4 nitrogen and oxygen atoms in total. The molecule has 2 aliphatic rings. The van der Waals surface area contributed by atoms with Gasteiger partial charge in [0, 0.05) is 24.1 Å². The van der Waals surface area contributed by atoms with Gasteiger partial charge in [-0.05, 0) is 31.7 Å². The zero-order valence-electron chi connectivity index (χ0n) is 10.5. The highest BCUT2D eigenvalue weighted by Gasteiger charge is 2.34. The minimum Gasteiger partial charge on any atom is -0.393 e. The second-order valence-electron chi connectivity index (χ2n) is 5.47. The third-order valence-corrected chi connectivity index (χ3v) is 4.29. The normalized spacial score (nSPS) is 31.5. The van der Waals surface area contributed by atoms with Crippen LogP contribution < -0.4 is 4.90 Å². The van der Waals surface area contributed by atoms with E-state index in [0.29, 0.717) is 17.1 Å². The van der Waals surface area contributed by atoms with Crippen molar-refractivity contribution in [1.29, 1.82) is 0 Å². The minimum atomic E-state index is -0.164. The molecule has 18 heavy (non-hydrogen) atoms. The Labute approximate surface area is 112 Å². The van der Waals surface area contributed by atoms with Crippen LogP contribution in [0, 0.1) is 0 Å². The Bertz CT molecular complexity index is 454. The maximum atomic E-state index is 9.81. The molecule has 0 spiro atoms. The van der Waals surface area contributed by atoms with Crippen LogP contribution in [0.2, 0.25) is 5.15 Å². The highest BCUT2D eigenvalue weighted by Crippen LogP contribution is 2.38. The third-order valence-electron chi connectivity index (χ3n) is 4.11. The molecular weight excluding hydrogens is 250 g/mol. The lowest BCUT2D eigenvalue weighted by Crippen LogP contribution is -2.40. The van der Waals surface area contributed by atoms with E-state index in [1.54, 1.807) is 0 Å². The fraction of sp³-hybridized carbons (Fsp3) is 0.692. The molecule has 3 rings (SSSR count). The van der Waals surface area contributed by atoms with Crippen molar-refractivity contribution in [2.75, 3.05) is 11.4 Å². The van der Waals surface area contributed by atoms with Crippen LogP contribution >= 0.6 is 11.6 Å². The average Bonchev–Trinajstić information content (AvgIpc) is 2.67. The molecule has 1 saturated carbocycles. The molecule has 3 atom stereocenters. The topological polar surface area (TPSA) is 49.2 Å². The lowest BCUT2D eigenvalue weighted by Gasteiger charge is -2.34. The molecule has 1 aromatic rings. The molecule has 0 aromatic carbocycles. The van der Waals surface area contributed by atoms with Crippen LogP contribution in [-0.4, -0.2) is 34.0 Å². The largest absolute Gasteiger partial charge is 0.393 e. The number of aliphatic hydroxyl groups is 1. The number of anilines is 1. The van der Waals surface area contributed by atoms with E-state index >= 15 is 0 Å². The Morgan fingerprint density at radius 2 is 2.22 bits per heavy atom. The van der Waals surface area contributed by atoms with E-state index < -0.39 is 0 Å². The molecule has 1 aromatic heterocycles. The average molecular weight is 268 g/mol. The van der Waals surface area contributed by atoms with Gasteiger partial charge in [-0.15, -0.1) is 10.2 Å². The molecule has 0 radical (unpaired) electrons. The van der Waals surface area contributed by atoms with E-state index in [1.165, 1.54) is 5.56 Å². The number of hydrogen-bond donors (Lipinski definition) is 1. The van der Waals surface area contributed by atoms with Crippen LogP contribution in [0.3, 0.4) is 0 Å². The van der Waals surface area contributed by atoms with Gasteiger partial charge in [-0.1, -0.05) is 18.5 Å². The van der Waals surface area contributed by atoms with E-state index in [-0.39, 0.29) is 6.10 Å². The first kappa shape index (κ1) is 12.2. The number of aliphatic hydroxyl groups excluding tert-OH is 1. The van der Waals surface area contributed by atoms with Crippen molar-refractivity contribution in [2.45, 2.75) is 50.7 Å². The first-order valence-electron chi connectivity index (χ1n) is 6.63. The van der Waals surface area contributed by atoms with Crippen LogP contribution in [0.5, 0.6) is 0 Å². The Kier molecular flexibility index (Phi) is 3.16. The zero-order valence-corrected chi connectivity index (χ0v) is 11.3. The summed E-state index contributed by atoms with van der Waals surface area (Å²) >= 11 is 5.91. The second kappa shape index (κ2) is 4.67. The van der Waals surface area contributed by atoms with Crippen molar-refractivity contribution < 1.29 is 5.11 Å². The van der Waals surface area contributed by atoms with Gasteiger partial charge in [0.15, 0.2) is 11.0 Å². The van der Waals surface area contributed by atoms with Gasteiger partial charge in [0.2, 0.25) is 0 Å². The fourth-order valence-corrected chi connectivity index (χ4v) is 3.34. The molecule has 1 N–H and O–H groups in total. The lowest BCUT2D eigenvalue weighted by atomic mass is 9.92. The summed E-state index contributed by atoms with van der Waals surface area (Å²) < 4.78 is 0. The molecular formula is C13H18ClN3O. The van der Waals surface area contributed by atoms with Gasteiger partial charge in [0.1, 0.15) is 0 Å². The summed E-state index contributed by atoms with van der Waals surface area (Å²) in [6.45, 7) is 3.15. The maximum absolute atomic E-state index is 9.81. The Morgan fingerprint density at radius 1 is 1.39 bits per heavy atom. The maximum Gasteiger partial charge on any atom is 0.155 e. The first-order chi connectivity index (χ1) is 8.65. The standard InChI is InChI=1S/C13H18ClN3O/c1-8-7-17(9-3-2-4-10(18)5-9)13-11(8)6-12(14)15-16-13/h6,8-10,18H,2-5,7H2,1H3/t8?,9-,10-/m1/s1. The Morgan fingerprint density at radius 3 is 3.00 bits per heavy atom. The number of nitrogens with zero attached hydrogens (tertiary/aromatic N) is 3. The number of aromatic nitrogens is 2. The molecule has 5 heteroatoms. The summed E-state index contributed by atoms with van der Waals surface area (Å²) in [5.74, 6) is 1.40. The van der Waals surface area contributed by atoms with E-state index in [1.807, 2.05) is 6.07 Å². The molecule has 0 amide bonds.